The van der Waals surface area contributed by atoms with Crippen LogP contribution in [0.1, 0.15) is 10.4 Å². The lowest BCUT2D eigenvalue weighted by atomic mass is 10.2. The second-order valence-electron chi connectivity index (χ2n) is 2.49. The molecular formula is C9H9IO4. The molecule has 0 bridgehead atoms. The predicted octanol–water partition coefficient (Wildman–Crippen LogP) is 2.01. The first kappa shape index (κ1) is 11.1. The smallest absolute Gasteiger partial charge is 0.339 e. The average molecular weight is 308 g/mol. The molecule has 0 aliphatic rings. The van der Waals surface area contributed by atoms with Gasteiger partial charge in [-0.1, -0.05) is 0 Å². The summed E-state index contributed by atoms with van der Waals surface area (Å²) in [5.74, 6) is -0.164. The van der Waals surface area contributed by atoms with E-state index in [0.29, 0.717) is 11.5 Å². The summed E-state index contributed by atoms with van der Waals surface area (Å²) in [6.45, 7) is 0. The lowest BCUT2D eigenvalue weighted by molar-refractivity contribution is 0.0693. The number of hydrogen-bond donors (Lipinski definition) is 1. The Labute approximate surface area is 95.0 Å². The van der Waals surface area contributed by atoms with Gasteiger partial charge in [-0.15, -0.1) is 0 Å². The van der Waals surface area contributed by atoms with E-state index < -0.39 is 5.97 Å². The van der Waals surface area contributed by atoms with Crippen molar-refractivity contribution in [3.63, 3.8) is 0 Å². The van der Waals surface area contributed by atoms with Gasteiger partial charge in [-0.3, -0.25) is 0 Å². The molecule has 0 aliphatic heterocycles. The van der Waals surface area contributed by atoms with Gasteiger partial charge in [0.2, 0.25) is 0 Å². The lowest BCUT2D eigenvalue weighted by Crippen LogP contribution is -2.02. The maximum atomic E-state index is 10.8. The van der Waals surface area contributed by atoms with Gasteiger partial charge >= 0.3 is 5.97 Å². The standard InChI is InChI=1S/C9H9IO4/c1-13-7-4-6(10)8(14-2)3-5(7)9(11)12/h3-4H,1-2H3,(H,11,12). The van der Waals surface area contributed by atoms with E-state index in [2.05, 4.69) is 22.6 Å². The molecule has 0 atom stereocenters. The van der Waals surface area contributed by atoms with Crippen LogP contribution in [0.4, 0.5) is 0 Å². The molecular weight excluding hydrogens is 299 g/mol. The Morgan fingerprint density at radius 1 is 1.29 bits per heavy atom. The highest BCUT2D eigenvalue weighted by atomic mass is 127. The van der Waals surface area contributed by atoms with Crippen LogP contribution in [0.25, 0.3) is 0 Å². The molecule has 0 aliphatic carbocycles. The van der Waals surface area contributed by atoms with Crippen LogP contribution in [0.3, 0.4) is 0 Å². The van der Waals surface area contributed by atoms with Gasteiger partial charge in [0.25, 0.3) is 0 Å². The molecule has 1 rings (SSSR count). The maximum Gasteiger partial charge on any atom is 0.339 e. The van der Waals surface area contributed by atoms with E-state index in [4.69, 9.17) is 14.6 Å². The summed E-state index contributed by atoms with van der Waals surface area (Å²) < 4.78 is 10.8. The summed E-state index contributed by atoms with van der Waals surface area (Å²) in [4.78, 5) is 10.8. The zero-order valence-electron chi connectivity index (χ0n) is 7.70. The second kappa shape index (κ2) is 4.50. The topological polar surface area (TPSA) is 55.8 Å². The average Bonchev–Trinajstić information content (AvgIpc) is 2.16. The van der Waals surface area contributed by atoms with Gasteiger partial charge in [0, 0.05) is 0 Å². The van der Waals surface area contributed by atoms with E-state index in [1.165, 1.54) is 20.3 Å². The minimum atomic E-state index is -1.03. The summed E-state index contributed by atoms with van der Waals surface area (Å²) in [5, 5.41) is 8.87. The van der Waals surface area contributed by atoms with Crippen molar-refractivity contribution in [2.45, 2.75) is 0 Å². The van der Waals surface area contributed by atoms with Crippen LogP contribution < -0.4 is 9.47 Å². The summed E-state index contributed by atoms with van der Waals surface area (Å²) in [6, 6.07) is 3.08. The number of rotatable bonds is 3. The quantitative estimate of drug-likeness (QED) is 0.868. The van der Waals surface area contributed by atoms with E-state index in [1.54, 1.807) is 6.07 Å². The van der Waals surface area contributed by atoms with E-state index in [1.807, 2.05) is 0 Å². The fourth-order valence-electron chi connectivity index (χ4n) is 1.03. The molecule has 5 heteroatoms. The van der Waals surface area contributed by atoms with Crippen molar-refractivity contribution in [3.05, 3.63) is 21.3 Å². The zero-order chi connectivity index (χ0) is 10.7. The highest BCUT2D eigenvalue weighted by Gasteiger charge is 2.14. The van der Waals surface area contributed by atoms with Crippen LogP contribution >= 0.6 is 22.6 Å². The monoisotopic (exact) mass is 308 g/mol. The third-order valence-corrected chi connectivity index (χ3v) is 2.55. The first-order valence-electron chi connectivity index (χ1n) is 3.75. The summed E-state index contributed by atoms with van der Waals surface area (Å²) in [5.41, 5.74) is 0.102. The highest BCUT2D eigenvalue weighted by Crippen LogP contribution is 2.29. The molecule has 0 saturated carbocycles. The molecule has 0 fully saturated rings. The van der Waals surface area contributed by atoms with E-state index in [9.17, 15) is 4.79 Å². The number of carbonyl (C=O) groups is 1. The molecule has 1 aromatic rings. The normalized spacial score (nSPS) is 9.64. The number of benzene rings is 1. The first-order chi connectivity index (χ1) is 6.60. The fourth-order valence-corrected chi connectivity index (χ4v) is 1.69. The second-order valence-corrected chi connectivity index (χ2v) is 3.65. The molecule has 0 saturated heterocycles. The Morgan fingerprint density at radius 3 is 2.29 bits per heavy atom. The van der Waals surface area contributed by atoms with E-state index >= 15 is 0 Å². The molecule has 0 unspecified atom stereocenters. The molecule has 1 N–H and O–H groups in total. The van der Waals surface area contributed by atoms with Crippen LogP contribution in [-0.4, -0.2) is 25.3 Å². The van der Waals surface area contributed by atoms with Crippen molar-refractivity contribution in [3.8, 4) is 11.5 Å². The summed E-state index contributed by atoms with van der Waals surface area (Å²) in [6.07, 6.45) is 0. The SMILES string of the molecule is COc1cc(C(=O)O)c(OC)cc1I. The van der Waals surface area contributed by atoms with Crippen LogP contribution in [0.5, 0.6) is 11.5 Å². The van der Waals surface area contributed by atoms with E-state index in [0.717, 1.165) is 3.57 Å². The largest absolute Gasteiger partial charge is 0.496 e. The van der Waals surface area contributed by atoms with Crippen LogP contribution in [0.2, 0.25) is 0 Å². The fraction of sp³-hybridized carbons (Fsp3) is 0.222. The van der Waals surface area contributed by atoms with Gasteiger partial charge in [0.05, 0.1) is 17.8 Å². The van der Waals surface area contributed by atoms with Crippen LogP contribution in [0.15, 0.2) is 12.1 Å². The Morgan fingerprint density at radius 2 is 1.86 bits per heavy atom. The predicted molar refractivity (Wildman–Crippen MR) is 59.2 cm³/mol. The molecule has 4 nitrogen and oxygen atoms in total. The molecule has 0 radical (unpaired) electrons. The van der Waals surface area contributed by atoms with Crippen molar-refractivity contribution in [2.24, 2.45) is 0 Å². The lowest BCUT2D eigenvalue weighted by Gasteiger charge is -2.08. The highest BCUT2D eigenvalue weighted by molar-refractivity contribution is 14.1. The maximum absolute atomic E-state index is 10.8. The molecule has 0 aromatic heterocycles. The minimum Gasteiger partial charge on any atom is -0.496 e. The van der Waals surface area contributed by atoms with Gasteiger partial charge in [-0.2, -0.15) is 0 Å². The van der Waals surface area contributed by atoms with Gasteiger partial charge in [0.1, 0.15) is 17.1 Å². The third-order valence-electron chi connectivity index (χ3n) is 1.70. The Hall–Kier alpha value is -0.980. The van der Waals surface area contributed by atoms with Gasteiger partial charge in [0.15, 0.2) is 0 Å². The number of carboxylic acids is 1. The Bertz CT molecular complexity index is 362. The number of ether oxygens (including phenoxy) is 2. The number of carboxylic acid groups (broad SMARTS) is 1. The van der Waals surface area contributed by atoms with E-state index in [-0.39, 0.29) is 5.56 Å². The van der Waals surface area contributed by atoms with Crippen LogP contribution in [0, 0.1) is 3.57 Å². The zero-order valence-corrected chi connectivity index (χ0v) is 9.86. The molecule has 76 valence electrons. The van der Waals surface area contributed by atoms with Crippen molar-refractivity contribution < 1.29 is 19.4 Å². The third kappa shape index (κ3) is 2.09. The Balaban J connectivity index is 3.32. The molecule has 0 amide bonds. The van der Waals surface area contributed by atoms with Crippen molar-refractivity contribution in [2.75, 3.05) is 14.2 Å². The number of halogens is 1. The first-order valence-corrected chi connectivity index (χ1v) is 4.82. The molecule has 14 heavy (non-hydrogen) atoms. The van der Waals surface area contributed by atoms with Gasteiger partial charge < -0.3 is 14.6 Å². The van der Waals surface area contributed by atoms with Crippen LogP contribution in [-0.2, 0) is 0 Å². The number of aromatic carboxylic acids is 1. The van der Waals surface area contributed by atoms with Crippen molar-refractivity contribution in [1.29, 1.82) is 0 Å². The van der Waals surface area contributed by atoms with Crippen molar-refractivity contribution in [1.82, 2.24) is 0 Å². The number of hydrogen-bond acceptors (Lipinski definition) is 3. The molecule has 0 spiro atoms. The van der Waals surface area contributed by atoms with Gasteiger partial charge in [-0.25, -0.2) is 4.79 Å². The molecule has 0 heterocycles. The van der Waals surface area contributed by atoms with Gasteiger partial charge in [-0.05, 0) is 34.7 Å². The molecule has 1 aromatic carbocycles. The summed E-state index contributed by atoms with van der Waals surface area (Å²) >= 11 is 2.05. The minimum absolute atomic E-state index is 0.102. The van der Waals surface area contributed by atoms with Crippen molar-refractivity contribution >= 4 is 28.6 Å². The Kier molecular flexibility index (Phi) is 3.56. The summed E-state index contributed by atoms with van der Waals surface area (Å²) in [7, 11) is 2.93. The number of methoxy groups -OCH3 is 2.